The van der Waals surface area contributed by atoms with Gasteiger partial charge in [0.05, 0.1) is 12.6 Å². The number of hydrogen-bond acceptors (Lipinski definition) is 3. The van der Waals surface area contributed by atoms with Gasteiger partial charge in [-0.25, -0.2) is 0 Å². The van der Waals surface area contributed by atoms with Crippen molar-refractivity contribution in [3.8, 4) is 0 Å². The van der Waals surface area contributed by atoms with E-state index in [0.717, 1.165) is 32.4 Å². The van der Waals surface area contributed by atoms with E-state index < -0.39 is 0 Å². The minimum absolute atomic E-state index is 0.169. The number of nitrogens with zero attached hydrogens (tertiary/aromatic N) is 1. The molecule has 0 amide bonds. The highest BCUT2D eigenvalue weighted by molar-refractivity contribution is 5.83. The van der Waals surface area contributed by atoms with Gasteiger partial charge < -0.3 is 5.11 Å². The molecule has 92 valence electrons. The number of carbonyl (C=O) groups excluding carboxylic acids is 1. The largest absolute Gasteiger partial charge is 0.393 e. The molecule has 3 heteroatoms. The molecular formula is C13H23NO2. The van der Waals surface area contributed by atoms with Gasteiger partial charge in [-0.15, -0.1) is 0 Å². The maximum atomic E-state index is 12.0. The molecule has 2 rings (SSSR count). The zero-order valence-corrected chi connectivity index (χ0v) is 10.2. The first kappa shape index (κ1) is 12.1. The molecule has 2 atom stereocenters. The molecule has 0 bridgehead atoms. The van der Waals surface area contributed by atoms with Crippen LogP contribution in [0.5, 0.6) is 0 Å². The standard InChI is InChI=1S/C13H23NO2/c1-10-8-14(7-6-12(10)15)9-13(16)11-4-2-3-5-11/h10-12,15H,2-9H2,1H3. The van der Waals surface area contributed by atoms with Crippen molar-refractivity contribution in [2.45, 2.75) is 45.1 Å². The van der Waals surface area contributed by atoms with E-state index in [1.165, 1.54) is 12.8 Å². The number of Topliss-reactive ketones (excluding diaryl/α,β-unsaturated/α-hetero) is 1. The monoisotopic (exact) mass is 225 g/mol. The van der Waals surface area contributed by atoms with Crippen LogP contribution in [0.15, 0.2) is 0 Å². The molecule has 0 aromatic carbocycles. The maximum absolute atomic E-state index is 12.0. The molecule has 16 heavy (non-hydrogen) atoms. The average molecular weight is 225 g/mol. The lowest BCUT2D eigenvalue weighted by Crippen LogP contribution is -2.44. The zero-order chi connectivity index (χ0) is 11.5. The van der Waals surface area contributed by atoms with Crippen LogP contribution in [0.3, 0.4) is 0 Å². The average Bonchev–Trinajstić information content (AvgIpc) is 2.77. The molecule has 0 radical (unpaired) electrons. The molecule has 1 saturated carbocycles. The Hall–Kier alpha value is -0.410. The number of aliphatic hydroxyl groups is 1. The van der Waals surface area contributed by atoms with E-state index in [1.807, 2.05) is 0 Å². The molecule has 1 N–H and O–H groups in total. The summed E-state index contributed by atoms with van der Waals surface area (Å²) < 4.78 is 0. The highest BCUT2D eigenvalue weighted by Gasteiger charge is 2.28. The van der Waals surface area contributed by atoms with Crippen LogP contribution in [-0.4, -0.2) is 41.5 Å². The Bertz CT molecular complexity index is 248. The quantitative estimate of drug-likeness (QED) is 0.790. The minimum Gasteiger partial charge on any atom is -0.393 e. The summed E-state index contributed by atoms with van der Waals surface area (Å²) in [6, 6.07) is 0. The van der Waals surface area contributed by atoms with Crippen molar-refractivity contribution in [2.75, 3.05) is 19.6 Å². The SMILES string of the molecule is CC1CN(CC(=O)C2CCCC2)CCC1O. The normalized spacial score (nSPS) is 33.1. The fourth-order valence-electron chi connectivity index (χ4n) is 2.96. The van der Waals surface area contributed by atoms with Gasteiger partial charge >= 0.3 is 0 Å². The molecule has 1 aliphatic heterocycles. The number of rotatable bonds is 3. The summed E-state index contributed by atoms with van der Waals surface area (Å²) in [5.41, 5.74) is 0. The van der Waals surface area contributed by atoms with Crippen LogP contribution in [0.2, 0.25) is 0 Å². The Kier molecular flexibility index (Phi) is 3.98. The summed E-state index contributed by atoms with van der Waals surface area (Å²) in [7, 11) is 0. The van der Waals surface area contributed by atoms with Gasteiger partial charge in [0.2, 0.25) is 0 Å². The molecule has 3 nitrogen and oxygen atoms in total. The van der Waals surface area contributed by atoms with Crippen LogP contribution < -0.4 is 0 Å². The molecule has 0 aromatic rings. The molecule has 0 spiro atoms. The van der Waals surface area contributed by atoms with Crippen LogP contribution >= 0.6 is 0 Å². The van der Waals surface area contributed by atoms with Gasteiger partial charge in [0, 0.05) is 19.0 Å². The van der Waals surface area contributed by atoms with E-state index in [0.29, 0.717) is 24.2 Å². The number of carbonyl (C=O) groups is 1. The van der Waals surface area contributed by atoms with E-state index >= 15 is 0 Å². The molecule has 0 aromatic heterocycles. The second-order valence-corrected chi connectivity index (χ2v) is 5.52. The highest BCUT2D eigenvalue weighted by atomic mass is 16.3. The molecule has 1 aliphatic carbocycles. The van der Waals surface area contributed by atoms with Crippen LogP contribution in [0.25, 0.3) is 0 Å². The first-order valence-electron chi connectivity index (χ1n) is 6.60. The Balaban J connectivity index is 1.78. The zero-order valence-electron chi connectivity index (χ0n) is 10.2. The van der Waals surface area contributed by atoms with E-state index in [4.69, 9.17) is 0 Å². The number of aliphatic hydroxyl groups excluding tert-OH is 1. The Labute approximate surface area is 97.8 Å². The van der Waals surface area contributed by atoms with Gasteiger partial charge in [0.1, 0.15) is 5.78 Å². The fourth-order valence-corrected chi connectivity index (χ4v) is 2.96. The van der Waals surface area contributed by atoms with Gasteiger partial charge in [0.15, 0.2) is 0 Å². The first-order chi connectivity index (χ1) is 7.66. The van der Waals surface area contributed by atoms with Crippen LogP contribution in [-0.2, 0) is 4.79 Å². The van der Waals surface area contributed by atoms with Crippen LogP contribution in [0.4, 0.5) is 0 Å². The third-order valence-corrected chi connectivity index (χ3v) is 4.13. The van der Waals surface area contributed by atoms with Gasteiger partial charge in [-0.1, -0.05) is 19.8 Å². The first-order valence-corrected chi connectivity index (χ1v) is 6.60. The van der Waals surface area contributed by atoms with E-state index in [1.54, 1.807) is 0 Å². The Morgan fingerprint density at radius 3 is 2.62 bits per heavy atom. The van der Waals surface area contributed by atoms with Crippen LogP contribution in [0.1, 0.15) is 39.0 Å². The summed E-state index contributed by atoms with van der Waals surface area (Å²) >= 11 is 0. The van der Waals surface area contributed by atoms with Crippen molar-refractivity contribution in [3.63, 3.8) is 0 Å². The third-order valence-electron chi connectivity index (χ3n) is 4.13. The predicted octanol–water partition coefficient (Wildman–Crippen LogP) is 1.45. The van der Waals surface area contributed by atoms with Crippen molar-refractivity contribution in [1.29, 1.82) is 0 Å². The molecule has 2 unspecified atom stereocenters. The van der Waals surface area contributed by atoms with Gasteiger partial charge in [0.25, 0.3) is 0 Å². The molecule has 1 heterocycles. The summed E-state index contributed by atoms with van der Waals surface area (Å²) in [5, 5.41) is 9.63. The van der Waals surface area contributed by atoms with Gasteiger partial charge in [-0.3, -0.25) is 9.69 Å². The van der Waals surface area contributed by atoms with Crippen molar-refractivity contribution in [3.05, 3.63) is 0 Å². The van der Waals surface area contributed by atoms with Crippen molar-refractivity contribution < 1.29 is 9.90 Å². The summed E-state index contributed by atoms with van der Waals surface area (Å²) in [6.07, 6.45) is 5.31. The highest BCUT2D eigenvalue weighted by Crippen LogP contribution is 2.26. The lowest BCUT2D eigenvalue weighted by Gasteiger charge is -2.34. The minimum atomic E-state index is -0.169. The lowest BCUT2D eigenvalue weighted by molar-refractivity contribution is -0.124. The Morgan fingerprint density at radius 1 is 1.31 bits per heavy atom. The van der Waals surface area contributed by atoms with Crippen molar-refractivity contribution in [2.24, 2.45) is 11.8 Å². The van der Waals surface area contributed by atoms with Gasteiger partial charge in [-0.05, 0) is 25.2 Å². The maximum Gasteiger partial charge on any atom is 0.149 e. The van der Waals surface area contributed by atoms with Crippen molar-refractivity contribution >= 4 is 5.78 Å². The number of piperidine rings is 1. The molecule has 2 aliphatic rings. The van der Waals surface area contributed by atoms with E-state index in [9.17, 15) is 9.90 Å². The molecular weight excluding hydrogens is 202 g/mol. The fraction of sp³-hybridized carbons (Fsp3) is 0.923. The summed E-state index contributed by atoms with van der Waals surface area (Å²) in [4.78, 5) is 14.2. The second-order valence-electron chi connectivity index (χ2n) is 5.52. The second kappa shape index (κ2) is 5.28. The van der Waals surface area contributed by atoms with Gasteiger partial charge in [-0.2, -0.15) is 0 Å². The molecule has 1 saturated heterocycles. The smallest absolute Gasteiger partial charge is 0.149 e. The lowest BCUT2D eigenvalue weighted by atomic mass is 9.95. The third kappa shape index (κ3) is 2.83. The van der Waals surface area contributed by atoms with E-state index in [-0.39, 0.29) is 6.10 Å². The Morgan fingerprint density at radius 2 is 2.00 bits per heavy atom. The summed E-state index contributed by atoms with van der Waals surface area (Å²) in [5.74, 6) is 1.08. The van der Waals surface area contributed by atoms with E-state index in [2.05, 4.69) is 11.8 Å². The number of likely N-dealkylation sites (tertiary alicyclic amines) is 1. The topological polar surface area (TPSA) is 40.5 Å². The molecule has 2 fully saturated rings. The predicted molar refractivity (Wildman–Crippen MR) is 63.2 cm³/mol. The summed E-state index contributed by atoms with van der Waals surface area (Å²) in [6.45, 7) is 4.43. The van der Waals surface area contributed by atoms with Crippen LogP contribution in [0, 0.1) is 11.8 Å². The number of ketones is 1. The number of hydrogen-bond donors (Lipinski definition) is 1. The van der Waals surface area contributed by atoms with Crippen molar-refractivity contribution in [1.82, 2.24) is 4.90 Å².